The van der Waals surface area contributed by atoms with E-state index in [2.05, 4.69) is 50.4 Å². The molecule has 6 nitrogen and oxygen atoms in total. The molecule has 4 saturated heterocycles. The van der Waals surface area contributed by atoms with Gasteiger partial charge in [-0.25, -0.2) is 4.98 Å². The SMILES string of the molecule is N#Cc1ccc(C(=O)N[C@@H]2C3CN4CCN(C3)CC2(c2ccccc2)C4)cn1. The maximum atomic E-state index is 13.0. The highest BCUT2D eigenvalue weighted by Gasteiger charge is 2.55. The number of nitrogens with zero attached hydrogens (tertiary/aromatic N) is 4. The fourth-order valence-electron chi connectivity index (χ4n) is 5.39. The first-order chi connectivity index (χ1) is 13.7. The first-order valence-corrected chi connectivity index (χ1v) is 9.85. The average Bonchev–Trinajstić information content (AvgIpc) is 2.99. The van der Waals surface area contributed by atoms with Crippen LogP contribution in [0.3, 0.4) is 0 Å². The zero-order valence-corrected chi connectivity index (χ0v) is 15.7. The van der Waals surface area contributed by atoms with Crippen molar-refractivity contribution >= 4 is 5.91 Å². The molecule has 4 fully saturated rings. The van der Waals surface area contributed by atoms with Crippen molar-refractivity contribution in [2.24, 2.45) is 5.92 Å². The number of pyridine rings is 1. The summed E-state index contributed by atoms with van der Waals surface area (Å²) >= 11 is 0. The second-order valence-corrected chi connectivity index (χ2v) is 8.25. The highest BCUT2D eigenvalue weighted by molar-refractivity contribution is 5.94. The summed E-state index contributed by atoms with van der Waals surface area (Å²) in [6, 6.07) is 16.0. The maximum absolute atomic E-state index is 13.0. The Morgan fingerprint density at radius 3 is 2.43 bits per heavy atom. The number of hydrogen-bond acceptors (Lipinski definition) is 5. The van der Waals surface area contributed by atoms with Gasteiger partial charge in [0.2, 0.25) is 0 Å². The van der Waals surface area contributed by atoms with E-state index in [4.69, 9.17) is 5.26 Å². The molecule has 4 aliphatic heterocycles. The molecule has 2 unspecified atom stereocenters. The van der Waals surface area contributed by atoms with Gasteiger partial charge in [0.25, 0.3) is 5.91 Å². The number of nitriles is 1. The molecule has 2 aromatic rings. The molecule has 0 radical (unpaired) electrons. The molecule has 6 rings (SSSR count). The van der Waals surface area contributed by atoms with Crippen molar-refractivity contribution in [2.45, 2.75) is 11.5 Å². The molecule has 4 bridgehead atoms. The van der Waals surface area contributed by atoms with Gasteiger partial charge in [-0.2, -0.15) is 5.26 Å². The molecule has 142 valence electrons. The van der Waals surface area contributed by atoms with Crippen LogP contribution in [0.2, 0.25) is 0 Å². The molecular weight excluding hydrogens is 350 g/mol. The summed E-state index contributed by atoms with van der Waals surface area (Å²) in [5.74, 6) is 0.300. The van der Waals surface area contributed by atoms with Crippen molar-refractivity contribution in [2.75, 3.05) is 39.3 Å². The van der Waals surface area contributed by atoms with Crippen molar-refractivity contribution in [3.8, 4) is 6.07 Å². The monoisotopic (exact) mass is 373 g/mol. The molecule has 0 saturated carbocycles. The quantitative estimate of drug-likeness (QED) is 0.877. The normalized spacial score (nSPS) is 33.1. The third-order valence-electron chi connectivity index (χ3n) is 6.57. The van der Waals surface area contributed by atoms with Crippen molar-refractivity contribution in [3.05, 3.63) is 65.5 Å². The second kappa shape index (κ2) is 6.69. The molecule has 1 amide bonds. The van der Waals surface area contributed by atoms with Gasteiger partial charge in [0.05, 0.1) is 5.56 Å². The fraction of sp³-hybridized carbons (Fsp3) is 0.409. The second-order valence-electron chi connectivity index (χ2n) is 8.25. The smallest absolute Gasteiger partial charge is 0.253 e. The predicted octanol–water partition coefficient (Wildman–Crippen LogP) is 1.25. The Hall–Kier alpha value is -2.75. The predicted molar refractivity (Wildman–Crippen MR) is 105 cm³/mol. The zero-order valence-electron chi connectivity index (χ0n) is 15.7. The number of amides is 1. The summed E-state index contributed by atoms with van der Waals surface area (Å²) < 4.78 is 0. The van der Waals surface area contributed by atoms with E-state index in [9.17, 15) is 4.79 Å². The van der Waals surface area contributed by atoms with Gasteiger partial charge < -0.3 is 15.1 Å². The number of carbonyl (C=O) groups excluding carboxylic acids is 1. The van der Waals surface area contributed by atoms with Crippen molar-refractivity contribution in [1.82, 2.24) is 20.1 Å². The zero-order chi connectivity index (χ0) is 19.1. The number of aromatic nitrogens is 1. The van der Waals surface area contributed by atoms with Crippen LogP contribution in [0.5, 0.6) is 0 Å². The van der Waals surface area contributed by atoms with E-state index in [0.717, 1.165) is 39.3 Å². The lowest BCUT2D eigenvalue weighted by molar-refractivity contribution is 0.0180. The molecule has 28 heavy (non-hydrogen) atoms. The minimum absolute atomic E-state index is 0.0867. The Morgan fingerprint density at radius 2 is 1.82 bits per heavy atom. The number of piperidine rings is 2. The summed E-state index contributed by atoms with van der Waals surface area (Å²) in [7, 11) is 0. The maximum Gasteiger partial charge on any atom is 0.253 e. The molecule has 3 atom stereocenters. The highest BCUT2D eigenvalue weighted by atomic mass is 16.1. The Balaban J connectivity index is 1.50. The molecule has 5 heterocycles. The van der Waals surface area contributed by atoms with Crippen molar-refractivity contribution in [1.29, 1.82) is 5.26 Å². The molecule has 0 aliphatic carbocycles. The third-order valence-corrected chi connectivity index (χ3v) is 6.57. The molecule has 1 aromatic heterocycles. The number of benzene rings is 1. The Morgan fingerprint density at radius 1 is 1.11 bits per heavy atom. The minimum Gasteiger partial charge on any atom is -0.348 e. The van der Waals surface area contributed by atoms with E-state index in [1.54, 1.807) is 12.1 Å². The average molecular weight is 373 g/mol. The van der Waals surface area contributed by atoms with Gasteiger partial charge >= 0.3 is 0 Å². The number of carbonyl (C=O) groups is 1. The van der Waals surface area contributed by atoms with Crippen LogP contribution >= 0.6 is 0 Å². The van der Waals surface area contributed by atoms with Crippen LogP contribution in [0.4, 0.5) is 0 Å². The standard InChI is InChI=1S/C22H23N5O/c23-10-19-7-6-16(11-24-19)21(28)25-20-17-12-26-8-9-27(13-17)15-22(20,14-26)18-4-2-1-3-5-18/h1-7,11,17,20H,8-9,12-15H2,(H,25,28)/t17?,20-,22?/m1/s1. The van der Waals surface area contributed by atoms with Crippen LogP contribution in [-0.4, -0.2) is 66.0 Å². The van der Waals surface area contributed by atoms with Gasteiger partial charge in [-0.05, 0) is 17.7 Å². The van der Waals surface area contributed by atoms with E-state index in [0.29, 0.717) is 17.2 Å². The van der Waals surface area contributed by atoms with Gasteiger partial charge in [0, 0.05) is 62.8 Å². The first kappa shape index (κ1) is 17.4. The number of fused-ring (bicyclic) bond motifs is 1. The Kier molecular flexibility index (Phi) is 4.15. The lowest BCUT2D eigenvalue weighted by Gasteiger charge is -2.55. The van der Waals surface area contributed by atoms with Gasteiger partial charge in [-0.3, -0.25) is 4.79 Å². The van der Waals surface area contributed by atoms with Crippen LogP contribution in [0.25, 0.3) is 0 Å². The van der Waals surface area contributed by atoms with Crippen LogP contribution in [0.15, 0.2) is 48.7 Å². The summed E-state index contributed by atoms with van der Waals surface area (Å²) in [4.78, 5) is 22.2. The van der Waals surface area contributed by atoms with Gasteiger partial charge in [-0.15, -0.1) is 0 Å². The summed E-state index contributed by atoms with van der Waals surface area (Å²) in [6.45, 7) is 6.21. The Labute approximate surface area is 164 Å². The van der Waals surface area contributed by atoms with Crippen LogP contribution in [0.1, 0.15) is 21.6 Å². The highest BCUT2D eigenvalue weighted by Crippen LogP contribution is 2.43. The molecule has 0 spiro atoms. The van der Waals surface area contributed by atoms with Gasteiger partial charge in [0.15, 0.2) is 0 Å². The lowest BCUT2D eigenvalue weighted by atomic mass is 9.64. The molecule has 1 aromatic carbocycles. The van der Waals surface area contributed by atoms with Gasteiger partial charge in [-0.1, -0.05) is 30.3 Å². The van der Waals surface area contributed by atoms with Crippen molar-refractivity contribution < 1.29 is 4.79 Å². The fourth-order valence-corrected chi connectivity index (χ4v) is 5.39. The Bertz CT molecular complexity index is 904. The minimum atomic E-state index is -0.103. The summed E-state index contributed by atoms with van der Waals surface area (Å²) in [5, 5.41) is 12.3. The molecule has 6 heteroatoms. The first-order valence-electron chi connectivity index (χ1n) is 9.85. The van der Waals surface area contributed by atoms with E-state index < -0.39 is 0 Å². The van der Waals surface area contributed by atoms with Gasteiger partial charge in [0.1, 0.15) is 11.8 Å². The third kappa shape index (κ3) is 2.79. The number of nitrogens with one attached hydrogen (secondary N) is 1. The molecular formula is C22H23N5O. The van der Waals surface area contributed by atoms with E-state index >= 15 is 0 Å². The van der Waals surface area contributed by atoms with Crippen LogP contribution in [-0.2, 0) is 5.41 Å². The van der Waals surface area contributed by atoms with Crippen LogP contribution < -0.4 is 5.32 Å². The van der Waals surface area contributed by atoms with E-state index in [1.165, 1.54) is 11.8 Å². The van der Waals surface area contributed by atoms with Crippen LogP contribution in [0, 0.1) is 17.2 Å². The topological polar surface area (TPSA) is 72.3 Å². The summed E-state index contributed by atoms with van der Waals surface area (Å²) in [6.07, 6.45) is 1.50. The number of hydrogen-bond donors (Lipinski definition) is 1. The van der Waals surface area contributed by atoms with E-state index in [1.807, 2.05) is 6.07 Å². The van der Waals surface area contributed by atoms with E-state index in [-0.39, 0.29) is 17.4 Å². The summed E-state index contributed by atoms with van der Waals surface area (Å²) in [5.41, 5.74) is 2.03. The van der Waals surface area contributed by atoms with Crippen molar-refractivity contribution in [3.63, 3.8) is 0 Å². The molecule has 4 aliphatic rings. The number of rotatable bonds is 3. The largest absolute Gasteiger partial charge is 0.348 e. The molecule has 1 N–H and O–H groups in total. The lowest BCUT2D eigenvalue weighted by Crippen LogP contribution is -2.70.